The maximum atomic E-state index is 12.8. The van der Waals surface area contributed by atoms with Gasteiger partial charge in [0.05, 0.1) is 11.8 Å². The monoisotopic (exact) mass is 476 g/mol. The van der Waals surface area contributed by atoms with Crippen LogP contribution in [-0.4, -0.2) is 41.8 Å². The van der Waals surface area contributed by atoms with Crippen molar-refractivity contribution in [2.45, 2.75) is 51.1 Å². The zero-order valence-electron chi connectivity index (χ0n) is 20.1. The molecule has 2 amide bonds. The van der Waals surface area contributed by atoms with E-state index < -0.39 is 24.0 Å². The largest absolute Gasteiger partial charge is 0.481 e. The Bertz CT molecular complexity index is 1100. The molecule has 3 unspecified atom stereocenters. The first kappa shape index (κ1) is 23.4. The van der Waals surface area contributed by atoms with Crippen LogP contribution in [-0.2, 0) is 14.3 Å². The lowest BCUT2D eigenvalue weighted by Crippen LogP contribution is -2.53. The van der Waals surface area contributed by atoms with E-state index in [2.05, 4.69) is 34.9 Å². The second-order valence-electron chi connectivity index (χ2n) is 10.3. The fraction of sp³-hybridized carbons (Fsp3) is 0.464. The number of fused-ring (bicyclic) bond motifs is 4. The summed E-state index contributed by atoms with van der Waals surface area (Å²) < 4.78 is 5.61. The van der Waals surface area contributed by atoms with Crippen LogP contribution >= 0.6 is 0 Å². The third-order valence-corrected chi connectivity index (χ3v) is 8.35. The van der Waals surface area contributed by atoms with Gasteiger partial charge >= 0.3 is 12.1 Å². The lowest BCUT2D eigenvalue weighted by atomic mass is 9.71. The van der Waals surface area contributed by atoms with Crippen LogP contribution in [0, 0.1) is 23.7 Å². The standard InChI is InChI=1S/C28H32N2O5/c1-15(26(31)30-25-13-17-11-18(27(32)33)12-23(17)25)16(2)29-28(34)35-14-24-21-9-5-3-7-19(21)20-8-4-6-10-22(20)24/h3-10,15-18,23-25H,11-14H2,1-2H3,(H,29,34)(H,30,31)(H,32,33)/t15?,16?,17-,18?,23-,25+/m0/s1. The van der Waals surface area contributed by atoms with E-state index in [1.54, 1.807) is 13.8 Å². The molecule has 2 saturated carbocycles. The molecular weight excluding hydrogens is 444 g/mol. The summed E-state index contributed by atoms with van der Waals surface area (Å²) in [6.07, 6.45) is 1.64. The molecule has 0 aliphatic heterocycles. The van der Waals surface area contributed by atoms with Gasteiger partial charge in [-0.1, -0.05) is 55.5 Å². The fourth-order valence-electron chi connectivity index (χ4n) is 6.09. The van der Waals surface area contributed by atoms with Gasteiger partial charge < -0.3 is 20.5 Å². The van der Waals surface area contributed by atoms with Crippen LogP contribution in [0.2, 0.25) is 0 Å². The number of ether oxygens (including phenoxy) is 1. The number of carbonyl (C=O) groups excluding carboxylic acids is 2. The Morgan fingerprint density at radius 2 is 1.60 bits per heavy atom. The van der Waals surface area contributed by atoms with Crippen molar-refractivity contribution >= 4 is 18.0 Å². The molecule has 3 aliphatic carbocycles. The summed E-state index contributed by atoms with van der Waals surface area (Å²) in [5, 5.41) is 15.1. The average molecular weight is 477 g/mol. The molecule has 0 aromatic heterocycles. The van der Waals surface area contributed by atoms with Gasteiger partial charge in [-0.15, -0.1) is 0 Å². The molecule has 7 heteroatoms. The highest BCUT2D eigenvalue weighted by Crippen LogP contribution is 2.50. The Morgan fingerprint density at radius 1 is 0.971 bits per heavy atom. The Morgan fingerprint density at radius 3 is 2.23 bits per heavy atom. The van der Waals surface area contributed by atoms with Gasteiger partial charge in [0.1, 0.15) is 6.61 Å². The number of rotatable bonds is 7. The molecule has 3 aliphatic rings. The van der Waals surface area contributed by atoms with Crippen molar-refractivity contribution in [1.82, 2.24) is 10.6 Å². The highest BCUT2D eigenvalue weighted by molar-refractivity contribution is 5.81. The summed E-state index contributed by atoms with van der Waals surface area (Å²) in [4.78, 5) is 36.6. The maximum Gasteiger partial charge on any atom is 0.407 e. The van der Waals surface area contributed by atoms with Crippen LogP contribution in [0.5, 0.6) is 0 Å². The molecule has 7 nitrogen and oxygen atoms in total. The van der Waals surface area contributed by atoms with E-state index in [0.717, 1.165) is 17.5 Å². The van der Waals surface area contributed by atoms with E-state index in [9.17, 15) is 19.5 Å². The SMILES string of the molecule is CC(NC(=O)OCC1c2ccccc2-c2ccccc21)C(C)C(=O)N[C@@H]1C[C@@H]2CC(C(=O)O)C[C@@H]21. The zero-order valence-corrected chi connectivity index (χ0v) is 20.1. The van der Waals surface area contributed by atoms with Crippen molar-refractivity contribution in [3.63, 3.8) is 0 Å². The van der Waals surface area contributed by atoms with E-state index >= 15 is 0 Å². The van der Waals surface area contributed by atoms with Crippen molar-refractivity contribution in [2.24, 2.45) is 23.7 Å². The normalized spacial score (nSPS) is 25.9. The molecule has 0 radical (unpaired) electrons. The van der Waals surface area contributed by atoms with Gasteiger partial charge in [0.2, 0.25) is 5.91 Å². The average Bonchev–Trinajstić information content (AvgIpc) is 3.35. The van der Waals surface area contributed by atoms with Gasteiger partial charge in [-0.2, -0.15) is 0 Å². The van der Waals surface area contributed by atoms with Crippen LogP contribution in [0.25, 0.3) is 11.1 Å². The number of carboxylic acids is 1. The van der Waals surface area contributed by atoms with Gasteiger partial charge in [0, 0.05) is 18.0 Å². The maximum absolute atomic E-state index is 12.8. The van der Waals surface area contributed by atoms with Crippen LogP contribution in [0.4, 0.5) is 4.79 Å². The first-order chi connectivity index (χ1) is 16.8. The molecule has 2 aromatic carbocycles. The number of nitrogens with one attached hydrogen (secondary N) is 2. The fourth-order valence-corrected chi connectivity index (χ4v) is 6.09. The minimum atomic E-state index is -0.737. The van der Waals surface area contributed by atoms with E-state index in [1.807, 2.05) is 24.3 Å². The first-order valence-corrected chi connectivity index (χ1v) is 12.5. The van der Waals surface area contributed by atoms with Crippen LogP contribution in [0.3, 0.4) is 0 Å². The number of benzene rings is 2. The molecular formula is C28H32N2O5. The second-order valence-corrected chi connectivity index (χ2v) is 10.3. The Kier molecular flexibility index (Phi) is 6.26. The topological polar surface area (TPSA) is 105 Å². The number of aliphatic carboxylic acids is 1. The molecule has 5 rings (SSSR count). The summed E-state index contributed by atoms with van der Waals surface area (Å²) in [5.74, 6) is -0.968. The lowest BCUT2D eigenvalue weighted by molar-refractivity contribution is -0.141. The summed E-state index contributed by atoms with van der Waals surface area (Å²) in [5.41, 5.74) is 4.65. The number of hydrogen-bond acceptors (Lipinski definition) is 4. The van der Waals surface area contributed by atoms with Crippen LogP contribution in [0.15, 0.2) is 48.5 Å². The van der Waals surface area contributed by atoms with Crippen molar-refractivity contribution < 1.29 is 24.2 Å². The third-order valence-electron chi connectivity index (χ3n) is 8.35. The summed E-state index contributed by atoms with van der Waals surface area (Å²) in [6.45, 7) is 3.81. The molecule has 0 spiro atoms. The van der Waals surface area contributed by atoms with E-state index in [0.29, 0.717) is 18.8 Å². The van der Waals surface area contributed by atoms with E-state index in [-0.39, 0.29) is 36.3 Å². The second kappa shape index (κ2) is 9.36. The molecule has 2 aromatic rings. The molecule has 2 fully saturated rings. The summed E-state index contributed by atoms with van der Waals surface area (Å²) >= 11 is 0. The highest BCUT2D eigenvalue weighted by Gasteiger charge is 2.50. The van der Waals surface area contributed by atoms with Crippen molar-refractivity contribution in [2.75, 3.05) is 6.61 Å². The predicted molar refractivity (Wildman–Crippen MR) is 131 cm³/mol. The number of hydrogen-bond donors (Lipinski definition) is 3. The minimum absolute atomic E-state index is 0.0169. The van der Waals surface area contributed by atoms with E-state index in [1.165, 1.54) is 11.1 Å². The quantitative estimate of drug-likeness (QED) is 0.557. The van der Waals surface area contributed by atoms with Crippen LogP contribution < -0.4 is 10.6 Å². The Labute approximate surface area is 205 Å². The van der Waals surface area contributed by atoms with Gasteiger partial charge in [-0.25, -0.2) is 4.79 Å². The lowest BCUT2D eigenvalue weighted by Gasteiger charge is -2.41. The van der Waals surface area contributed by atoms with Crippen molar-refractivity contribution in [1.29, 1.82) is 0 Å². The van der Waals surface area contributed by atoms with Crippen LogP contribution in [0.1, 0.15) is 50.2 Å². The van der Waals surface area contributed by atoms with Gasteiger partial charge in [-0.05, 0) is 60.3 Å². The predicted octanol–water partition coefficient (Wildman–Crippen LogP) is 4.17. The third kappa shape index (κ3) is 4.40. The number of carboxylic acid groups (broad SMARTS) is 1. The molecule has 6 atom stereocenters. The first-order valence-electron chi connectivity index (χ1n) is 12.5. The van der Waals surface area contributed by atoms with Gasteiger partial charge in [-0.3, -0.25) is 9.59 Å². The molecule has 184 valence electrons. The van der Waals surface area contributed by atoms with E-state index in [4.69, 9.17) is 4.74 Å². The molecule has 0 saturated heterocycles. The molecule has 0 bridgehead atoms. The number of amides is 2. The van der Waals surface area contributed by atoms with Gasteiger partial charge in [0.25, 0.3) is 0 Å². The Hall–Kier alpha value is -3.35. The minimum Gasteiger partial charge on any atom is -0.481 e. The summed E-state index contributed by atoms with van der Waals surface area (Å²) in [7, 11) is 0. The summed E-state index contributed by atoms with van der Waals surface area (Å²) in [6, 6.07) is 16.0. The van der Waals surface area contributed by atoms with Crippen molar-refractivity contribution in [3.05, 3.63) is 59.7 Å². The zero-order chi connectivity index (χ0) is 24.7. The number of carbonyl (C=O) groups is 3. The molecule has 35 heavy (non-hydrogen) atoms. The highest BCUT2D eigenvalue weighted by atomic mass is 16.5. The molecule has 3 N–H and O–H groups in total. The smallest absolute Gasteiger partial charge is 0.407 e. The van der Waals surface area contributed by atoms with Crippen molar-refractivity contribution in [3.8, 4) is 11.1 Å². The van der Waals surface area contributed by atoms with Gasteiger partial charge in [0.15, 0.2) is 0 Å². The Balaban J connectivity index is 1.12. The molecule has 0 heterocycles. The number of alkyl carbamates (subject to hydrolysis) is 1.